The van der Waals surface area contributed by atoms with Crippen molar-refractivity contribution in [3.63, 3.8) is 0 Å². The van der Waals surface area contributed by atoms with Gasteiger partial charge in [-0.3, -0.25) is 19.5 Å². The van der Waals surface area contributed by atoms with Gasteiger partial charge in [0.2, 0.25) is 5.91 Å². The van der Waals surface area contributed by atoms with Crippen LogP contribution in [0.4, 0.5) is 5.69 Å². The zero-order valence-corrected chi connectivity index (χ0v) is 23.2. The van der Waals surface area contributed by atoms with Crippen LogP contribution in [0.3, 0.4) is 0 Å². The molecule has 214 valence electrons. The number of imidazole rings is 1. The molecule has 0 aliphatic heterocycles. The molecule has 0 radical (unpaired) electrons. The molecule has 0 saturated carbocycles. The summed E-state index contributed by atoms with van der Waals surface area (Å²) in [5.74, 6) is -0.891. The van der Waals surface area contributed by atoms with Crippen LogP contribution in [-0.2, 0) is 11.2 Å². The van der Waals surface area contributed by atoms with Crippen LogP contribution in [0.15, 0.2) is 122 Å². The van der Waals surface area contributed by atoms with Crippen molar-refractivity contribution in [2.75, 3.05) is 11.5 Å². The minimum atomic E-state index is -1.09. The summed E-state index contributed by atoms with van der Waals surface area (Å²) < 4.78 is 0. The molecule has 43 heavy (non-hydrogen) atoms. The third kappa shape index (κ3) is 5.93. The van der Waals surface area contributed by atoms with Crippen LogP contribution in [-0.4, -0.2) is 49.5 Å². The zero-order valence-electron chi connectivity index (χ0n) is 23.2. The van der Waals surface area contributed by atoms with Gasteiger partial charge in [0.05, 0.1) is 25.2 Å². The molecular weight excluding hydrogens is 540 g/mol. The molecule has 6 rings (SSSR count). The minimum Gasteiger partial charge on any atom is -0.394 e. The molecule has 0 fully saturated rings. The lowest BCUT2D eigenvalue weighted by Crippen LogP contribution is -2.48. The molecule has 0 bridgehead atoms. The average Bonchev–Trinajstić information content (AvgIpc) is 3.75. The lowest BCUT2D eigenvalue weighted by Gasteiger charge is -2.32. The highest BCUT2D eigenvalue weighted by Gasteiger charge is 2.35. The Hall–Kier alpha value is -5.54. The quantitative estimate of drug-likeness (QED) is 0.183. The first-order valence-corrected chi connectivity index (χ1v) is 14.0. The van der Waals surface area contributed by atoms with E-state index in [4.69, 9.17) is 0 Å². The predicted octanol–water partition coefficient (Wildman–Crippen LogP) is 5.06. The second-order valence-electron chi connectivity index (χ2n) is 10.2. The number of para-hydroxylation sites is 1. The standard InChI is InChI=1S/C34H30N6O3/c41-21-27(17-26-19-37-30-11-5-4-10-29(26)30)39-33(42)32(25-9-6-16-35-18-25)40(34(43)31-20-36-22-38-31)28-14-12-24(13-15-28)23-7-2-1-3-8-23/h1-16,18-20,22,27,32,37,41H,17,21H2,(H,36,38)(H,39,42)/t27-,32?/m1/s1. The molecule has 0 spiro atoms. The molecule has 0 saturated heterocycles. The van der Waals surface area contributed by atoms with Gasteiger partial charge in [-0.15, -0.1) is 0 Å². The van der Waals surface area contributed by atoms with E-state index in [2.05, 4.69) is 25.3 Å². The number of anilines is 1. The van der Waals surface area contributed by atoms with Crippen LogP contribution < -0.4 is 10.2 Å². The Kier molecular flexibility index (Phi) is 8.06. The van der Waals surface area contributed by atoms with Crippen LogP contribution in [0.5, 0.6) is 0 Å². The fourth-order valence-electron chi connectivity index (χ4n) is 5.29. The second-order valence-corrected chi connectivity index (χ2v) is 10.2. The Labute approximate surface area is 248 Å². The summed E-state index contributed by atoms with van der Waals surface area (Å²) in [6, 6.07) is 27.1. The van der Waals surface area contributed by atoms with E-state index in [9.17, 15) is 14.7 Å². The monoisotopic (exact) mass is 570 g/mol. The van der Waals surface area contributed by atoms with Gasteiger partial charge in [-0.05, 0) is 47.4 Å². The number of aromatic nitrogens is 4. The van der Waals surface area contributed by atoms with E-state index in [1.54, 1.807) is 24.5 Å². The van der Waals surface area contributed by atoms with E-state index >= 15 is 0 Å². The lowest BCUT2D eigenvalue weighted by molar-refractivity contribution is -0.123. The Morgan fingerprint density at radius 2 is 1.60 bits per heavy atom. The number of H-pyrrole nitrogens is 2. The third-order valence-corrected chi connectivity index (χ3v) is 7.41. The molecule has 9 heteroatoms. The fraction of sp³-hybridized carbons (Fsp3) is 0.118. The highest BCUT2D eigenvalue weighted by atomic mass is 16.3. The molecule has 3 aromatic carbocycles. The minimum absolute atomic E-state index is 0.228. The van der Waals surface area contributed by atoms with E-state index in [-0.39, 0.29) is 12.3 Å². The summed E-state index contributed by atoms with van der Waals surface area (Å²) >= 11 is 0. The van der Waals surface area contributed by atoms with Gasteiger partial charge in [-0.2, -0.15) is 0 Å². The second kappa shape index (κ2) is 12.5. The normalized spacial score (nSPS) is 12.5. The SMILES string of the molecule is O=C(N[C@@H](CO)Cc1c[nH]c2ccccc12)C(c1cccnc1)N(C(=O)c1cnc[nH]1)c1ccc(-c2ccccc2)cc1. The number of hydrogen-bond acceptors (Lipinski definition) is 5. The number of carbonyl (C=O) groups excluding carboxylic acids is 2. The van der Waals surface area contributed by atoms with Crippen molar-refractivity contribution in [1.29, 1.82) is 0 Å². The summed E-state index contributed by atoms with van der Waals surface area (Å²) in [7, 11) is 0. The lowest BCUT2D eigenvalue weighted by atomic mass is 10.0. The highest BCUT2D eigenvalue weighted by molar-refractivity contribution is 6.09. The summed E-state index contributed by atoms with van der Waals surface area (Å²) in [5.41, 5.74) is 5.21. The van der Waals surface area contributed by atoms with Crippen molar-refractivity contribution in [2.24, 2.45) is 0 Å². The Morgan fingerprint density at radius 1 is 0.837 bits per heavy atom. The first-order valence-electron chi connectivity index (χ1n) is 14.0. The number of nitrogens with one attached hydrogen (secondary N) is 3. The number of aliphatic hydroxyl groups is 1. The van der Waals surface area contributed by atoms with Crippen molar-refractivity contribution < 1.29 is 14.7 Å². The Bertz CT molecular complexity index is 1800. The topological polar surface area (TPSA) is 127 Å². The molecular formula is C34H30N6O3. The zero-order chi connectivity index (χ0) is 29.6. The van der Waals surface area contributed by atoms with Gasteiger partial charge >= 0.3 is 0 Å². The number of aromatic amines is 2. The largest absolute Gasteiger partial charge is 0.394 e. The fourth-order valence-corrected chi connectivity index (χ4v) is 5.29. The van der Waals surface area contributed by atoms with Crippen LogP contribution >= 0.6 is 0 Å². The highest BCUT2D eigenvalue weighted by Crippen LogP contribution is 2.31. The average molecular weight is 571 g/mol. The van der Waals surface area contributed by atoms with Crippen molar-refractivity contribution in [2.45, 2.75) is 18.5 Å². The van der Waals surface area contributed by atoms with Gasteiger partial charge in [-0.25, -0.2) is 4.98 Å². The van der Waals surface area contributed by atoms with Crippen molar-refractivity contribution in [1.82, 2.24) is 25.3 Å². The molecule has 4 N–H and O–H groups in total. The van der Waals surface area contributed by atoms with Gasteiger partial charge < -0.3 is 20.4 Å². The first-order chi connectivity index (χ1) is 21.1. The number of amides is 2. The molecule has 1 unspecified atom stereocenters. The number of benzene rings is 3. The number of rotatable bonds is 10. The number of fused-ring (bicyclic) bond motifs is 1. The summed E-state index contributed by atoms with van der Waals surface area (Å²) in [4.78, 5) is 44.1. The summed E-state index contributed by atoms with van der Waals surface area (Å²) in [6.07, 6.45) is 8.32. The predicted molar refractivity (Wildman–Crippen MR) is 165 cm³/mol. The van der Waals surface area contributed by atoms with Gasteiger partial charge in [0.25, 0.3) is 5.91 Å². The molecule has 3 aromatic heterocycles. The number of carbonyl (C=O) groups is 2. The Morgan fingerprint density at radius 3 is 2.33 bits per heavy atom. The third-order valence-electron chi connectivity index (χ3n) is 7.41. The molecule has 3 heterocycles. The number of aliphatic hydroxyl groups excluding tert-OH is 1. The van der Waals surface area contributed by atoms with Gasteiger partial charge in [0.1, 0.15) is 11.7 Å². The van der Waals surface area contributed by atoms with Crippen molar-refractivity contribution >= 4 is 28.4 Å². The van der Waals surface area contributed by atoms with E-state index in [1.807, 2.05) is 85.1 Å². The van der Waals surface area contributed by atoms with Crippen LogP contribution in [0.1, 0.15) is 27.7 Å². The molecule has 0 aliphatic rings. The number of pyridine rings is 1. The number of nitrogens with zero attached hydrogens (tertiary/aromatic N) is 3. The maximum Gasteiger partial charge on any atom is 0.277 e. The van der Waals surface area contributed by atoms with E-state index in [0.29, 0.717) is 17.7 Å². The van der Waals surface area contributed by atoms with E-state index in [1.165, 1.54) is 17.4 Å². The van der Waals surface area contributed by atoms with Gasteiger partial charge in [0, 0.05) is 40.7 Å². The molecule has 6 aromatic rings. The maximum absolute atomic E-state index is 14.2. The van der Waals surface area contributed by atoms with Gasteiger partial charge in [-0.1, -0.05) is 66.7 Å². The van der Waals surface area contributed by atoms with E-state index < -0.39 is 23.9 Å². The first kappa shape index (κ1) is 27.6. The maximum atomic E-state index is 14.2. The number of hydrogen-bond donors (Lipinski definition) is 4. The van der Waals surface area contributed by atoms with Crippen LogP contribution in [0.25, 0.3) is 22.0 Å². The van der Waals surface area contributed by atoms with Crippen molar-refractivity contribution in [3.05, 3.63) is 139 Å². The summed E-state index contributed by atoms with van der Waals surface area (Å²) in [6.45, 7) is -0.286. The summed E-state index contributed by atoms with van der Waals surface area (Å²) in [5, 5.41) is 14.3. The van der Waals surface area contributed by atoms with E-state index in [0.717, 1.165) is 27.6 Å². The molecule has 9 nitrogen and oxygen atoms in total. The van der Waals surface area contributed by atoms with Crippen LogP contribution in [0, 0.1) is 0 Å². The van der Waals surface area contributed by atoms with Crippen molar-refractivity contribution in [3.8, 4) is 11.1 Å². The van der Waals surface area contributed by atoms with Gasteiger partial charge in [0.15, 0.2) is 0 Å². The smallest absolute Gasteiger partial charge is 0.277 e. The molecule has 2 amide bonds. The molecule has 0 aliphatic carbocycles. The molecule has 2 atom stereocenters. The van der Waals surface area contributed by atoms with Crippen LogP contribution in [0.2, 0.25) is 0 Å². The Balaban J connectivity index is 1.37.